The SMILES string of the molecule is NC1(CNC(=O)c2ccc(O)cc2)CCC(=CC(=O)OCc2ccccc2)CC1. The van der Waals surface area contributed by atoms with Crippen molar-refractivity contribution in [3.63, 3.8) is 0 Å². The maximum Gasteiger partial charge on any atom is 0.331 e. The van der Waals surface area contributed by atoms with Crippen molar-refractivity contribution in [3.8, 4) is 5.75 Å². The van der Waals surface area contributed by atoms with Gasteiger partial charge in [-0.1, -0.05) is 35.9 Å². The number of ether oxygens (including phenoxy) is 1. The van der Waals surface area contributed by atoms with Gasteiger partial charge in [0.15, 0.2) is 0 Å². The molecule has 0 saturated heterocycles. The van der Waals surface area contributed by atoms with Crippen LogP contribution in [-0.4, -0.2) is 29.1 Å². The Kier molecular flexibility index (Phi) is 6.67. The normalized spacial score (nSPS) is 18.7. The van der Waals surface area contributed by atoms with Crippen LogP contribution >= 0.6 is 0 Å². The van der Waals surface area contributed by atoms with Crippen molar-refractivity contribution in [1.29, 1.82) is 0 Å². The van der Waals surface area contributed by atoms with Gasteiger partial charge in [0.1, 0.15) is 12.4 Å². The third-order valence-electron chi connectivity index (χ3n) is 5.16. The van der Waals surface area contributed by atoms with Crippen LogP contribution in [-0.2, 0) is 16.1 Å². The molecule has 0 spiro atoms. The molecule has 2 aromatic carbocycles. The van der Waals surface area contributed by atoms with E-state index in [1.165, 1.54) is 12.1 Å². The average Bonchev–Trinajstić information content (AvgIpc) is 2.74. The van der Waals surface area contributed by atoms with Crippen LogP contribution in [0.5, 0.6) is 5.75 Å². The van der Waals surface area contributed by atoms with E-state index in [1.54, 1.807) is 18.2 Å². The van der Waals surface area contributed by atoms with Gasteiger partial charge >= 0.3 is 5.97 Å². The zero-order valence-corrected chi connectivity index (χ0v) is 16.3. The van der Waals surface area contributed by atoms with Crippen molar-refractivity contribution in [1.82, 2.24) is 5.32 Å². The molecule has 3 rings (SSSR count). The molecular weight excluding hydrogens is 368 g/mol. The van der Waals surface area contributed by atoms with Gasteiger partial charge in [0, 0.05) is 23.7 Å². The Morgan fingerprint density at radius 2 is 1.72 bits per heavy atom. The molecule has 0 unspecified atom stereocenters. The number of carbonyl (C=O) groups excluding carboxylic acids is 2. The van der Waals surface area contributed by atoms with E-state index in [-0.39, 0.29) is 24.2 Å². The van der Waals surface area contributed by atoms with Crippen LogP contribution < -0.4 is 11.1 Å². The predicted octanol–water partition coefficient (Wildman–Crippen LogP) is 3.06. The highest BCUT2D eigenvalue weighted by Gasteiger charge is 2.30. The lowest BCUT2D eigenvalue weighted by molar-refractivity contribution is -0.139. The van der Waals surface area contributed by atoms with Gasteiger partial charge in [-0.15, -0.1) is 0 Å². The van der Waals surface area contributed by atoms with E-state index in [9.17, 15) is 14.7 Å². The number of allylic oxidation sites excluding steroid dienone is 1. The van der Waals surface area contributed by atoms with Crippen LogP contribution in [0.4, 0.5) is 0 Å². The molecule has 0 atom stereocenters. The molecule has 29 heavy (non-hydrogen) atoms. The van der Waals surface area contributed by atoms with Crippen molar-refractivity contribution >= 4 is 11.9 Å². The maximum atomic E-state index is 12.2. The summed E-state index contributed by atoms with van der Waals surface area (Å²) in [6.45, 7) is 0.617. The number of benzene rings is 2. The first-order chi connectivity index (χ1) is 13.9. The molecule has 2 aromatic rings. The Morgan fingerprint density at radius 1 is 1.07 bits per heavy atom. The van der Waals surface area contributed by atoms with Gasteiger partial charge < -0.3 is 20.9 Å². The van der Waals surface area contributed by atoms with Gasteiger partial charge in [-0.3, -0.25) is 4.79 Å². The summed E-state index contributed by atoms with van der Waals surface area (Å²) in [6.07, 6.45) is 4.33. The lowest BCUT2D eigenvalue weighted by Crippen LogP contribution is -2.51. The van der Waals surface area contributed by atoms with E-state index in [1.807, 2.05) is 30.3 Å². The minimum absolute atomic E-state index is 0.116. The van der Waals surface area contributed by atoms with Gasteiger partial charge in [-0.2, -0.15) is 0 Å². The third-order valence-corrected chi connectivity index (χ3v) is 5.16. The first kappa shape index (κ1) is 20.6. The largest absolute Gasteiger partial charge is 0.508 e. The zero-order valence-electron chi connectivity index (χ0n) is 16.3. The van der Waals surface area contributed by atoms with E-state index < -0.39 is 5.54 Å². The predicted molar refractivity (Wildman–Crippen MR) is 110 cm³/mol. The molecule has 0 aliphatic heterocycles. The number of hydrogen-bond donors (Lipinski definition) is 3. The number of amides is 1. The van der Waals surface area contributed by atoms with Crippen LogP contribution in [0.2, 0.25) is 0 Å². The van der Waals surface area contributed by atoms with Crippen LogP contribution in [0.3, 0.4) is 0 Å². The first-order valence-corrected chi connectivity index (χ1v) is 9.70. The number of nitrogens with two attached hydrogens (primary N) is 1. The number of aromatic hydroxyl groups is 1. The van der Waals surface area contributed by atoms with Crippen molar-refractivity contribution in [2.45, 2.75) is 37.8 Å². The summed E-state index contributed by atoms with van der Waals surface area (Å²) >= 11 is 0. The second-order valence-electron chi connectivity index (χ2n) is 7.49. The van der Waals surface area contributed by atoms with Crippen LogP contribution in [0, 0.1) is 0 Å². The topological polar surface area (TPSA) is 102 Å². The van der Waals surface area contributed by atoms with Gasteiger partial charge in [-0.25, -0.2) is 4.79 Å². The fourth-order valence-electron chi connectivity index (χ4n) is 3.30. The Bertz CT molecular complexity index is 866. The second-order valence-corrected chi connectivity index (χ2v) is 7.49. The summed E-state index contributed by atoms with van der Waals surface area (Å²) in [4.78, 5) is 24.3. The highest BCUT2D eigenvalue weighted by atomic mass is 16.5. The minimum Gasteiger partial charge on any atom is -0.508 e. The monoisotopic (exact) mass is 394 g/mol. The molecule has 0 heterocycles. The highest BCUT2D eigenvalue weighted by molar-refractivity contribution is 5.94. The highest BCUT2D eigenvalue weighted by Crippen LogP contribution is 2.29. The molecule has 1 fully saturated rings. The van der Waals surface area contributed by atoms with Gasteiger partial charge in [-0.05, 0) is 55.5 Å². The molecule has 6 heteroatoms. The second kappa shape index (κ2) is 9.39. The summed E-state index contributed by atoms with van der Waals surface area (Å²) in [5.74, 6) is -0.444. The Labute approximate surface area is 170 Å². The molecule has 1 aliphatic rings. The first-order valence-electron chi connectivity index (χ1n) is 9.70. The van der Waals surface area contributed by atoms with Crippen molar-refractivity contribution < 1.29 is 19.4 Å². The van der Waals surface area contributed by atoms with E-state index in [0.29, 0.717) is 37.8 Å². The minimum atomic E-state index is -0.502. The molecule has 0 bridgehead atoms. The van der Waals surface area contributed by atoms with E-state index in [0.717, 1.165) is 11.1 Å². The van der Waals surface area contributed by atoms with Gasteiger partial charge in [0.2, 0.25) is 0 Å². The van der Waals surface area contributed by atoms with Gasteiger partial charge in [0.05, 0.1) is 0 Å². The fourth-order valence-corrected chi connectivity index (χ4v) is 3.30. The average molecular weight is 394 g/mol. The molecule has 1 saturated carbocycles. The van der Waals surface area contributed by atoms with Crippen LogP contribution in [0.15, 0.2) is 66.2 Å². The number of rotatable bonds is 6. The molecule has 4 N–H and O–H groups in total. The van der Waals surface area contributed by atoms with Crippen LogP contribution in [0.1, 0.15) is 41.6 Å². The number of nitrogens with one attached hydrogen (secondary N) is 1. The molecule has 0 radical (unpaired) electrons. The van der Waals surface area contributed by atoms with E-state index in [2.05, 4.69) is 5.32 Å². The molecule has 1 amide bonds. The lowest BCUT2D eigenvalue weighted by Gasteiger charge is -2.34. The molecule has 6 nitrogen and oxygen atoms in total. The summed E-state index contributed by atoms with van der Waals surface area (Å²) < 4.78 is 5.30. The molecule has 152 valence electrons. The number of carbonyl (C=O) groups is 2. The summed E-state index contributed by atoms with van der Waals surface area (Å²) in [5, 5.41) is 12.2. The standard InChI is InChI=1S/C23H26N2O4/c24-23(16-25-22(28)19-6-8-20(26)9-7-19)12-10-17(11-13-23)14-21(27)29-15-18-4-2-1-3-5-18/h1-9,14,26H,10-13,15-16,24H2,(H,25,28). The summed E-state index contributed by atoms with van der Waals surface area (Å²) in [7, 11) is 0. The summed E-state index contributed by atoms with van der Waals surface area (Å²) in [6, 6.07) is 15.6. The zero-order chi connectivity index (χ0) is 20.7. The van der Waals surface area contributed by atoms with E-state index in [4.69, 9.17) is 10.5 Å². The molecule has 1 aliphatic carbocycles. The molecule has 0 aromatic heterocycles. The maximum absolute atomic E-state index is 12.2. The number of phenols is 1. The Morgan fingerprint density at radius 3 is 2.38 bits per heavy atom. The number of phenolic OH excluding ortho intramolecular Hbond substituents is 1. The molecular formula is C23H26N2O4. The Balaban J connectivity index is 1.44. The fraction of sp³-hybridized carbons (Fsp3) is 0.304. The van der Waals surface area contributed by atoms with Crippen molar-refractivity contribution in [2.24, 2.45) is 5.73 Å². The van der Waals surface area contributed by atoms with Crippen molar-refractivity contribution in [3.05, 3.63) is 77.4 Å². The Hall–Kier alpha value is -3.12. The van der Waals surface area contributed by atoms with E-state index >= 15 is 0 Å². The lowest BCUT2D eigenvalue weighted by atomic mass is 9.80. The van der Waals surface area contributed by atoms with Gasteiger partial charge in [0.25, 0.3) is 5.91 Å². The summed E-state index contributed by atoms with van der Waals surface area (Å²) in [5.41, 5.74) is 8.39. The quantitative estimate of drug-likeness (QED) is 0.516. The third kappa shape index (κ3) is 6.19. The van der Waals surface area contributed by atoms with Crippen molar-refractivity contribution in [2.75, 3.05) is 6.54 Å². The number of esters is 1. The number of hydrogen-bond acceptors (Lipinski definition) is 5. The van der Waals surface area contributed by atoms with Crippen LogP contribution in [0.25, 0.3) is 0 Å². The smallest absolute Gasteiger partial charge is 0.331 e.